The highest BCUT2D eigenvalue weighted by molar-refractivity contribution is 7.19. The summed E-state index contributed by atoms with van der Waals surface area (Å²) in [6, 6.07) is 10.4. The summed E-state index contributed by atoms with van der Waals surface area (Å²) in [6.45, 7) is 2.93. The summed E-state index contributed by atoms with van der Waals surface area (Å²) < 4.78 is 1.33. The van der Waals surface area contributed by atoms with E-state index in [1.165, 1.54) is 35.8 Å². The van der Waals surface area contributed by atoms with Crippen LogP contribution in [0.1, 0.15) is 29.0 Å². The molecule has 1 aromatic carbocycles. The molecule has 0 saturated carbocycles. The molecule has 1 aliphatic carbocycles. The normalized spacial score (nSPS) is 17.7. The number of piperazine rings is 1. The molecule has 2 aromatic heterocycles. The third-order valence-corrected chi connectivity index (χ3v) is 7.50. The number of carbonyl (C=O) groups is 1. The standard InChI is InChI=1S/C23H24ClN3OS/c24-16-5-6-17(25-14-16)9-10-26-11-12-27(23(28)15-26)18-7-8-20-19-3-1-2-4-21(19)29-22(20)13-18/h5-8,13-14H,1-4,9-12,15H2. The van der Waals surface area contributed by atoms with Crippen molar-refractivity contribution in [2.75, 3.05) is 31.1 Å². The quantitative estimate of drug-likeness (QED) is 0.606. The maximum atomic E-state index is 12.8. The average Bonchev–Trinajstić information content (AvgIpc) is 3.11. The van der Waals surface area contributed by atoms with Gasteiger partial charge in [-0.3, -0.25) is 14.7 Å². The summed E-state index contributed by atoms with van der Waals surface area (Å²) in [6.07, 6.45) is 7.53. The summed E-state index contributed by atoms with van der Waals surface area (Å²) in [7, 11) is 0. The predicted molar refractivity (Wildman–Crippen MR) is 120 cm³/mol. The Morgan fingerprint density at radius 3 is 2.83 bits per heavy atom. The second kappa shape index (κ2) is 8.05. The number of benzene rings is 1. The van der Waals surface area contributed by atoms with E-state index in [1.807, 2.05) is 28.4 Å². The molecule has 2 aliphatic rings. The number of aromatic nitrogens is 1. The lowest BCUT2D eigenvalue weighted by Crippen LogP contribution is -2.50. The zero-order valence-electron chi connectivity index (χ0n) is 16.4. The molecular weight excluding hydrogens is 402 g/mol. The predicted octanol–water partition coefficient (Wildman–Crippen LogP) is 4.72. The molecule has 0 bridgehead atoms. The van der Waals surface area contributed by atoms with Gasteiger partial charge in [0.2, 0.25) is 5.91 Å². The molecule has 150 valence electrons. The molecule has 4 nitrogen and oxygen atoms in total. The van der Waals surface area contributed by atoms with Crippen molar-refractivity contribution >= 4 is 44.6 Å². The minimum absolute atomic E-state index is 0.181. The van der Waals surface area contributed by atoms with Gasteiger partial charge in [0.1, 0.15) is 0 Å². The number of fused-ring (bicyclic) bond motifs is 3. The van der Waals surface area contributed by atoms with Gasteiger partial charge < -0.3 is 4.90 Å². The van der Waals surface area contributed by atoms with Crippen LogP contribution < -0.4 is 4.90 Å². The Hall–Kier alpha value is -1.95. The van der Waals surface area contributed by atoms with Gasteiger partial charge in [-0.1, -0.05) is 17.7 Å². The summed E-state index contributed by atoms with van der Waals surface area (Å²) in [5, 5.41) is 2.05. The van der Waals surface area contributed by atoms with Crippen LogP contribution in [0.15, 0.2) is 36.5 Å². The number of halogens is 1. The zero-order chi connectivity index (χ0) is 19.8. The van der Waals surface area contributed by atoms with Crippen molar-refractivity contribution in [3.8, 4) is 0 Å². The van der Waals surface area contributed by atoms with Crippen molar-refractivity contribution in [3.63, 3.8) is 0 Å². The highest BCUT2D eigenvalue weighted by Gasteiger charge is 2.25. The van der Waals surface area contributed by atoms with Gasteiger partial charge in [0, 0.05) is 53.2 Å². The monoisotopic (exact) mass is 425 g/mol. The molecule has 1 saturated heterocycles. The van der Waals surface area contributed by atoms with E-state index in [-0.39, 0.29) is 5.91 Å². The van der Waals surface area contributed by atoms with Gasteiger partial charge in [-0.15, -0.1) is 11.3 Å². The number of pyridine rings is 1. The number of anilines is 1. The van der Waals surface area contributed by atoms with Gasteiger partial charge in [0.15, 0.2) is 0 Å². The molecule has 0 unspecified atom stereocenters. The lowest BCUT2D eigenvalue weighted by atomic mass is 9.96. The number of rotatable bonds is 4. The van der Waals surface area contributed by atoms with Crippen molar-refractivity contribution in [1.29, 1.82) is 0 Å². The van der Waals surface area contributed by atoms with Crippen molar-refractivity contribution in [2.45, 2.75) is 32.1 Å². The van der Waals surface area contributed by atoms with E-state index in [9.17, 15) is 4.79 Å². The van der Waals surface area contributed by atoms with Crippen LogP contribution in [0.4, 0.5) is 5.69 Å². The molecule has 0 radical (unpaired) electrons. The molecule has 1 aliphatic heterocycles. The van der Waals surface area contributed by atoms with Crippen LogP contribution in [0.25, 0.3) is 10.1 Å². The summed E-state index contributed by atoms with van der Waals surface area (Å²) in [5.41, 5.74) is 3.60. The Morgan fingerprint density at radius 2 is 2.00 bits per heavy atom. The number of nitrogens with zero attached hydrogens (tertiary/aromatic N) is 3. The zero-order valence-corrected chi connectivity index (χ0v) is 17.9. The molecule has 0 atom stereocenters. The van der Waals surface area contributed by atoms with E-state index in [0.717, 1.165) is 37.4 Å². The lowest BCUT2D eigenvalue weighted by molar-refractivity contribution is -0.121. The van der Waals surface area contributed by atoms with Crippen molar-refractivity contribution < 1.29 is 4.79 Å². The maximum Gasteiger partial charge on any atom is 0.241 e. The van der Waals surface area contributed by atoms with Crippen molar-refractivity contribution in [1.82, 2.24) is 9.88 Å². The Morgan fingerprint density at radius 1 is 1.10 bits per heavy atom. The van der Waals surface area contributed by atoms with Crippen LogP contribution in [0.5, 0.6) is 0 Å². The highest BCUT2D eigenvalue weighted by Crippen LogP contribution is 2.38. The SMILES string of the molecule is O=C1CN(CCc2ccc(Cl)cn2)CCN1c1ccc2c3c(sc2c1)CCCC3. The molecule has 3 heterocycles. The molecule has 5 rings (SSSR count). The second-order valence-electron chi connectivity index (χ2n) is 7.93. The lowest BCUT2D eigenvalue weighted by Gasteiger charge is -2.34. The first-order valence-electron chi connectivity index (χ1n) is 10.3. The van der Waals surface area contributed by atoms with Crippen LogP contribution >= 0.6 is 22.9 Å². The third kappa shape index (κ3) is 3.91. The van der Waals surface area contributed by atoms with E-state index >= 15 is 0 Å². The number of aryl methyl sites for hydroxylation is 2. The van der Waals surface area contributed by atoms with E-state index in [4.69, 9.17) is 11.6 Å². The first-order chi connectivity index (χ1) is 14.2. The van der Waals surface area contributed by atoms with Gasteiger partial charge in [-0.05, 0) is 60.9 Å². The van der Waals surface area contributed by atoms with Crippen LogP contribution in [0.2, 0.25) is 5.02 Å². The van der Waals surface area contributed by atoms with Gasteiger partial charge in [-0.25, -0.2) is 0 Å². The smallest absolute Gasteiger partial charge is 0.241 e. The summed E-state index contributed by atoms with van der Waals surface area (Å²) >= 11 is 7.82. The van der Waals surface area contributed by atoms with E-state index in [1.54, 1.807) is 16.6 Å². The maximum absolute atomic E-state index is 12.8. The fraction of sp³-hybridized carbons (Fsp3) is 0.391. The number of hydrogen-bond acceptors (Lipinski definition) is 4. The Balaban J connectivity index is 1.26. The van der Waals surface area contributed by atoms with E-state index in [2.05, 4.69) is 28.1 Å². The van der Waals surface area contributed by atoms with Gasteiger partial charge in [0.25, 0.3) is 0 Å². The van der Waals surface area contributed by atoms with Crippen LogP contribution in [-0.4, -0.2) is 42.0 Å². The number of hydrogen-bond donors (Lipinski definition) is 0. The van der Waals surface area contributed by atoms with Crippen molar-refractivity contribution in [3.05, 3.63) is 57.7 Å². The average molecular weight is 426 g/mol. The third-order valence-electron chi connectivity index (χ3n) is 6.02. The van der Waals surface area contributed by atoms with E-state index < -0.39 is 0 Å². The van der Waals surface area contributed by atoms with Gasteiger partial charge in [-0.2, -0.15) is 0 Å². The molecule has 0 spiro atoms. The molecular formula is C23H24ClN3OS. The first kappa shape index (κ1) is 19.0. The number of carbonyl (C=O) groups excluding carboxylic acids is 1. The number of amides is 1. The molecule has 6 heteroatoms. The minimum Gasteiger partial charge on any atom is -0.310 e. The minimum atomic E-state index is 0.181. The molecule has 0 N–H and O–H groups in total. The van der Waals surface area contributed by atoms with Gasteiger partial charge >= 0.3 is 0 Å². The Labute approximate surface area is 180 Å². The molecule has 1 fully saturated rings. The second-order valence-corrected chi connectivity index (χ2v) is 9.50. The molecule has 1 amide bonds. The first-order valence-corrected chi connectivity index (χ1v) is 11.5. The largest absolute Gasteiger partial charge is 0.310 e. The number of thiophene rings is 1. The van der Waals surface area contributed by atoms with E-state index in [0.29, 0.717) is 11.6 Å². The van der Waals surface area contributed by atoms with Crippen LogP contribution in [-0.2, 0) is 24.1 Å². The van der Waals surface area contributed by atoms with Crippen molar-refractivity contribution in [2.24, 2.45) is 0 Å². The Bertz CT molecular complexity index is 1050. The van der Waals surface area contributed by atoms with Crippen LogP contribution in [0.3, 0.4) is 0 Å². The van der Waals surface area contributed by atoms with Crippen LogP contribution in [0, 0.1) is 0 Å². The highest BCUT2D eigenvalue weighted by atomic mass is 35.5. The Kier molecular flexibility index (Phi) is 5.29. The molecule has 29 heavy (non-hydrogen) atoms. The summed E-state index contributed by atoms with van der Waals surface area (Å²) in [5.74, 6) is 0.181. The fourth-order valence-electron chi connectivity index (χ4n) is 4.43. The van der Waals surface area contributed by atoms with Gasteiger partial charge in [0.05, 0.1) is 11.6 Å². The fourth-order valence-corrected chi connectivity index (χ4v) is 5.87. The topological polar surface area (TPSA) is 36.4 Å². The molecule has 3 aromatic rings. The summed E-state index contributed by atoms with van der Waals surface area (Å²) in [4.78, 5) is 22.9.